The standard InChI is InChI=1S/C16H16BrNO/c1-11-3-4-12(2)15(9-11)18-16(19)14-7-5-13(10-17)6-8-14/h3-9H,10H2,1-2H3,(H,18,19). The summed E-state index contributed by atoms with van der Waals surface area (Å²) < 4.78 is 0. The van der Waals surface area contributed by atoms with Gasteiger partial charge in [0.05, 0.1) is 0 Å². The summed E-state index contributed by atoms with van der Waals surface area (Å²) in [5.74, 6) is -0.0742. The van der Waals surface area contributed by atoms with E-state index in [4.69, 9.17) is 0 Å². The Labute approximate surface area is 122 Å². The normalized spacial score (nSPS) is 10.3. The monoisotopic (exact) mass is 317 g/mol. The maximum Gasteiger partial charge on any atom is 0.255 e. The Kier molecular flexibility index (Phi) is 4.38. The highest BCUT2D eigenvalue weighted by Gasteiger charge is 2.07. The lowest BCUT2D eigenvalue weighted by molar-refractivity contribution is 0.102. The zero-order valence-electron chi connectivity index (χ0n) is 11.0. The number of nitrogens with one attached hydrogen (secondary N) is 1. The highest BCUT2D eigenvalue weighted by Crippen LogP contribution is 2.17. The number of alkyl halides is 1. The fourth-order valence-corrected chi connectivity index (χ4v) is 2.18. The largest absolute Gasteiger partial charge is 0.322 e. The molecule has 1 N–H and O–H groups in total. The Hall–Kier alpha value is -1.61. The molecule has 0 saturated carbocycles. The molecule has 0 saturated heterocycles. The summed E-state index contributed by atoms with van der Waals surface area (Å²) >= 11 is 3.39. The van der Waals surface area contributed by atoms with Crippen molar-refractivity contribution in [3.8, 4) is 0 Å². The molecule has 0 unspecified atom stereocenters. The summed E-state index contributed by atoms with van der Waals surface area (Å²) in [6.45, 7) is 4.00. The van der Waals surface area contributed by atoms with Gasteiger partial charge in [-0.15, -0.1) is 0 Å². The molecule has 3 heteroatoms. The molecular weight excluding hydrogens is 302 g/mol. The first-order valence-electron chi connectivity index (χ1n) is 6.13. The van der Waals surface area contributed by atoms with Crippen LogP contribution < -0.4 is 5.32 Å². The van der Waals surface area contributed by atoms with Crippen LogP contribution in [0, 0.1) is 13.8 Å². The third-order valence-corrected chi connectivity index (χ3v) is 3.66. The van der Waals surface area contributed by atoms with Crippen LogP contribution in [0.5, 0.6) is 0 Å². The zero-order chi connectivity index (χ0) is 13.8. The molecule has 0 aliphatic heterocycles. The lowest BCUT2D eigenvalue weighted by Crippen LogP contribution is -2.12. The Morgan fingerprint density at radius 1 is 1.11 bits per heavy atom. The number of benzene rings is 2. The third-order valence-electron chi connectivity index (χ3n) is 3.01. The molecule has 1 amide bonds. The van der Waals surface area contributed by atoms with E-state index < -0.39 is 0 Å². The average Bonchev–Trinajstić information content (AvgIpc) is 2.43. The molecule has 2 nitrogen and oxygen atoms in total. The molecular formula is C16H16BrNO. The second-order valence-electron chi connectivity index (χ2n) is 4.60. The van der Waals surface area contributed by atoms with Gasteiger partial charge in [-0.2, -0.15) is 0 Å². The van der Waals surface area contributed by atoms with Crippen LogP contribution in [0.3, 0.4) is 0 Å². The lowest BCUT2D eigenvalue weighted by atomic mass is 10.1. The molecule has 0 bridgehead atoms. The van der Waals surface area contributed by atoms with Crippen molar-refractivity contribution in [2.24, 2.45) is 0 Å². The van der Waals surface area contributed by atoms with Gasteiger partial charge in [0.1, 0.15) is 0 Å². The predicted molar refractivity (Wildman–Crippen MR) is 82.9 cm³/mol. The smallest absolute Gasteiger partial charge is 0.255 e. The number of aryl methyl sites for hydroxylation is 2. The molecule has 0 fully saturated rings. The van der Waals surface area contributed by atoms with Crippen LogP contribution >= 0.6 is 15.9 Å². The van der Waals surface area contributed by atoms with Crippen molar-refractivity contribution in [3.63, 3.8) is 0 Å². The number of carbonyl (C=O) groups excluding carboxylic acids is 1. The van der Waals surface area contributed by atoms with Gasteiger partial charge in [0.2, 0.25) is 0 Å². The molecule has 98 valence electrons. The molecule has 2 aromatic carbocycles. The Morgan fingerprint density at radius 3 is 2.42 bits per heavy atom. The molecule has 0 spiro atoms. The number of hydrogen-bond donors (Lipinski definition) is 1. The first-order valence-corrected chi connectivity index (χ1v) is 7.26. The molecule has 0 aromatic heterocycles. The van der Waals surface area contributed by atoms with Crippen molar-refractivity contribution >= 4 is 27.5 Å². The van der Waals surface area contributed by atoms with Crippen LogP contribution in [0.25, 0.3) is 0 Å². The van der Waals surface area contributed by atoms with E-state index in [0.29, 0.717) is 5.56 Å². The molecule has 2 aromatic rings. The van der Waals surface area contributed by atoms with E-state index in [-0.39, 0.29) is 5.91 Å². The van der Waals surface area contributed by atoms with Gasteiger partial charge in [-0.3, -0.25) is 4.79 Å². The van der Waals surface area contributed by atoms with Crippen LogP contribution in [0.15, 0.2) is 42.5 Å². The number of rotatable bonds is 3. The topological polar surface area (TPSA) is 29.1 Å². The minimum Gasteiger partial charge on any atom is -0.322 e. The molecule has 0 atom stereocenters. The maximum atomic E-state index is 12.2. The zero-order valence-corrected chi connectivity index (χ0v) is 12.6. The van der Waals surface area contributed by atoms with Crippen LogP contribution in [-0.4, -0.2) is 5.91 Å². The van der Waals surface area contributed by atoms with E-state index in [1.807, 2.05) is 56.3 Å². The number of halogens is 1. The summed E-state index contributed by atoms with van der Waals surface area (Å²) in [5.41, 5.74) is 4.90. The predicted octanol–water partition coefficient (Wildman–Crippen LogP) is 4.45. The second kappa shape index (κ2) is 6.02. The second-order valence-corrected chi connectivity index (χ2v) is 5.16. The number of amides is 1. The van der Waals surface area contributed by atoms with E-state index in [0.717, 1.165) is 27.7 Å². The van der Waals surface area contributed by atoms with Gasteiger partial charge in [0, 0.05) is 16.6 Å². The van der Waals surface area contributed by atoms with Crippen LogP contribution in [0.4, 0.5) is 5.69 Å². The molecule has 2 rings (SSSR count). The summed E-state index contributed by atoms with van der Waals surface area (Å²) in [6.07, 6.45) is 0. The lowest BCUT2D eigenvalue weighted by Gasteiger charge is -2.09. The van der Waals surface area contributed by atoms with Crippen LogP contribution in [-0.2, 0) is 5.33 Å². The van der Waals surface area contributed by atoms with Gasteiger partial charge >= 0.3 is 0 Å². The van der Waals surface area contributed by atoms with Crippen molar-refractivity contribution in [1.82, 2.24) is 0 Å². The first-order chi connectivity index (χ1) is 9.10. The summed E-state index contributed by atoms with van der Waals surface area (Å²) in [4.78, 5) is 12.2. The van der Waals surface area contributed by atoms with Gasteiger partial charge in [-0.25, -0.2) is 0 Å². The summed E-state index contributed by atoms with van der Waals surface area (Å²) in [5, 5.41) is 3.75. The fourth-order valence-electron chi connectivity index (χ4n) is 1.81. The van der Waals surface area contributed by atoms with Gasteiger partial charge in [-0.05, 0) is 48.7 Å². The Bertz CT molecular complexity index is 590. The highest BCUT2D eigenvalue weighted by atomic mass is 79.9. The first kappa shape index (κ1) is 13.8. The van der Waals surface area contributed by atoms with Crippen LogP contribution in [0.2, 0.25) is 0 Å². The van der Waals surface area contributed by atoms with Crippen molar-refractivity contribution in [1.29, 1.82) is 0 Å². The average molecular weight is 318 g/mol. The minimum atomic E-state index is -0.0742. The van der Waals surface area contributed by atoms with E-state index in [1.54, 1.807) is 0 Å². The SMILES string of the molecule is Cc1ccc(C)c(NC(=O)c2ccc(CBr)cc2)c1. The van der Waals surface area contributed by atoms with Crippen molar-refractivity contribution in [3.05, 3.63) is 64.7 Å². The molecule has 0 heterocycles. The van der Waals surface area contributed by atoms with Crippen molar-refractivity contribution in [2.45, 2.75) is 19.2 Å². The van der Waals surface area contributed by atoms with Crippen molar-refractivity contribution < 1.29 is 4.79 Å². The minimum absolute atomic E-state index is 0.0742. The quantitative estimate of drug-likeness (QED) is 0.832. The van der Waals surface area contributed by atoms with Gasteiger partial charge in [0.15, 0.2) is 0 Å². The van der Waals surface area contributed by atoms with Gasteiger partial charge in [0.25, 0.3) is 5.91 Å². The van der Waals surface area contributed by atoms with E-state index >= 15 is 0 Å². The number of carbonyl (C=O) groups is 1. The van der Waals surface area contributed by atoms with Gasteiger partial charge in [-0.1, -0.05) is 40.2 Å². The van der Waals surface area contributed by atoms with Gasteiger partial charge < -0.3 is 5.32 Å². The Morgan fingerprint density at radius 2 is 1.79 bits per heavy atom. The molecule has 19 heavy (non-hydrogen) atoms. The fraction of sp³-hybridized carbons (Fsp3) is 0.188. The van der Waals surface area contributed by atoms with Crippen LogP contribution in [0.1, 0.15) is 27.0 Å². The van der Waals surface area contributed by atoms with Crippen molar-refractivity contribution in [2.75, 3.05) is 5.32 Å². The number of anilines is 1. The molecule has 0 aliphatic rings. The van der Waals surface area contributed by atoms with E-state index in [1.165, 1.54) is 0 Å². The maximum absolute atomic E-state index is 12.2. The van der Waals surface area contributed by atoms with E-state index in [9.17, 15) is 4.79 Å². The Balaban J connectivity index is 2.18. The molecule has 0 aliphatic carbocycles. The molecule has 0 radical (unpaired) electrons. The summed E-state index contributed by atoms with van der Waals surface area (Å²) in [7, 11) is 0. The number of hydrogen-bond acceptors (Lipinski definition) is 1. The summed E-state index contributed by atoms with van der Waals surface area (Å²) in [6, 6.07) is 13.6. The van der Waals surface area contributed by atoms with E-state index in [2.05, 4.69) is 21.2 Å². The third kappa shape index (κ3) is 3.44. The highest BCUT2D eigenvalue weighted by molar-refractivity contribution is 9.08.